The first-order valence-corrected chi connectivity index (χ1v) is 12.0. The highest BCUT2D eigenvalue weighted by Gasteiger charge is 2.22. The molecule has 31 heavy (non-hydrogen) atoms. The van der Waals surface area contributed by atoms with Gasteiger partial charge >= 0.3 is 0 Å². The van der Waals surface area contributed by atoms with E-state index in [0.717, 1.165) is 62.0 Å². The molecule has 3 aromatic rings. The Morgan fingerprint density at radius 3 is 2.97 bits per heavy atom. The van der Waals surface area contributed by atoms with Gasteiger partial charge in [-0.15, -0.1) is 0 Å². The highest BCUT2D eigenvalue weighted by Crippen LogP contribution is 2.33. The van der Waals surface area contributed by atoms with Gasteiger partial charge in [0.15, 0.2) is 5.82 Å². The van der Waals surface area contributed by atoms with Gasteiger partial charge in [0.25, 0.3) is 0 Å². The van der Waals surface area contributed by atoms with Crippen molar-refractivity contribution in [3.8, 4) is 11.4 Å². The molecular formula is C23H29N5O2S. The average molecular weight is 440 g/mol. The zero-order chi connectivity index (χ0) is 21.2. The molecule has 4 heterocycles. The summed E-state index contributed by atoms with van der Waals surface area (Å²) in [7, 11) is 0. The van der Waals surface area contributed by atoms with Crippen molar-refractivity contribution in [2.75, 3.05) is 32.8 Å². The van der Waals surface area contributed by atoms with Crippen LogP contribution in [0, 0.1) is 5.92 Å². The lowest BCUT2D eigenvalue weighted by molar-refractivity contribution is -0.124. The van der Waals surface area contributed by atoms with Crippen molar-refractivity contribution < 1.29 is 9.53 Å². The van der Waals surface area contributed by atoms with E-state index < -0.39 is 0 Å². The molecule has 8 heteroatoms. The van der Waals surface area contributed by atoms with E-state index in [-0.39, 0.29) is 5.91 Å². The second-order valence-electron chi connectivity index (χ2n) is 8.49. The fraction of sp³-hybridized carbons (Fsp3) is 0.522. The number of hydrogen-bond donors (Lipinski definition) is 1. The van der Waals surface area contributed by atoms with Crippen LogP contribution in [0.25, 0.3) is 22.3 Å². The lowest BCUT2D eigenvalue weighted by Crippen LogP contribution is -2.47. The quantitative estimate of drug-likeness (QED) is 0.639. The molecule has 0 saturated carbocycles. The molecule has 7 nitrogen and oxygen atoms in total. The van der Waals surface area contributed by atoms with Crippen LogP contribution in [-0.4, -0.2) is 57.6 Å². The number of rotatable bonds is 6. The predicted octanol–water partition coefficient (Wildman–Crippen LogP) is 3.08. The molecule has 0 atom stereocenters. The van der Waals surface area contributed by atoms with Crippen LogP contribution in [0.2, 0.25) is 0 Å². The summed E-state index contributed by atoms with van der Waals surface area (Å²) in [5.74, 6) is 1.52. The molecule has 0 spiro atoms. The van der Waals surface area contributed by atoms with Crippen molar-refractivity contribution in [2.45, 2.75) is 39.3 Å². The number of carbonyl (C=O) groups is 1. The summed E-state index contributed by atoms with van der Waals surface area (Å²) in [6.07, 6.45) is 5.48. The summed E-state index contributed by atoms with van der Waals surface area (Å²) < 4.78 is 12.7. The monoisotopic (exact) mass is 439 g/mol. The van der Waals surface area contributed by atoms with Crippen molar-refractivity contribution in [1.29, 1.82) is 0 Å². The molecule has 1 aromatic carbocycles. The molecule has 2 aliphatic heterocycles. The SMILES string of the molecule is CCc1cccc2c(-c3nsc(CN4CCNC(=O)C4)n3)cn(CC3CCOCC3)c12. The molecule has 0 aliphatic carbocycles. The van der Waals surface area contributed by atoms with E-state index in [1.54, 1.807) is 0 Å². The number of nitrogens with zero attached hydrogens (tertiary/aromatic N) is 4. The Kier molecular flexibility index (Phi) is 6.02. The second kappa shape index (κ2) is 9.06. The summed E-state index contributed by atoms with van der Waals surface area (Å²) in [6.45, 7) is 7.61. The predicted molar refractivity (Wildman–Crippen MR) is 122 cm³/mol. The van der Waals surface area contributed by atoms with E-state index in [9.17, 15) is 4.79 Å². The lowest BCUT2D eigenvalue weighted by atomic mass is 10.00. The number of aromatic nitrogens is 3. The van der Waals surface area contributed by atoms with E-state index in [4.69, 9.17) is 14.1 Å². The van der Waals surface area contributed by atoms with Gasteiger partial charge in [-0.3, -0.25) is 9.69 Å². The van der Waals surface area contributed by atoms with E-state index in [0.29, 0.717) is 25.6 Å². The molecule has 2 fully saturated rings. The van der Waals surface area contributed by atoms with Crippen molar-refractivity contribution in [1.82, 2.24) is 24.1 Å². The first-order valence-electron chi connectivity index (χ1n) is 11.2. The van der Waals surface area contributed by atoms with Gasteiger partial charge in [0, 0.05) is 50.0 Å². The molecule has 1 amide bonds. The van der Waals surface area contributed by atoms with Gasteiger partial charge in [0.2, 0.25) is 5.91 Å². The molecule has 0 unspecified atom stereocenters. The number of carbonyl (C=O) groups excluding carboxylic acids is 1. The maximum Gasteiger partial charge on any atom is 0.234 e. The zero-order valence-corrected chi connectivity index (χ0v) is 18.8. The number of hydrogen-bond acceptors (Lipinski definition) is 6. The number of aryl methyl sites for hydroxylation is 1. The number of para-hydroxylation sites is 1. The van der Waals surface area contributed by atoms with Gasteiger partial charge < -0.3 is 14.6 Å². The van der Waals surface area contributed by atoms with Gasteiger partial charge in [-0.25, -0.2) is 4.98 Å². The zero-order valence-electron chi connectivity index (χ0n) is 18.0. The van der Waals surface area contributed by atoms with Crippen LogP contribution in [-0.2, 0) is 29.0 Å². The Labute approximate surface area is 186 Å². The third-order valence-corrected chi connectivity index (χ3v) is 7.04. The van der Waals surface area contributed by atoms with Crippen molar-refractivity contribution in [3.63, 3.8) is 0 Å². The van der Waals surface area contributed by atoms with Crippen LogP contribution in [0.3, 0.4) is 0 Å². The van der Waals surface area contributed by atoms with Gasteiger partial charge in [-0.1, -0.05) is 25.1 Å². The largest absolute Gasteiger partial charge is 0.381 e. The van der Waals surface area contributed by atoms with E-state index in [1.807, 2.05) is 0 Å². The lowest BCUT2D eigenvalue weighted by Gasteiger charge is -2.25. The van der Waals surface area contributed by atoms with Crippen LogP contribution in [0.5, 0.6) is 0 Å². The standard InChI is InChI=1S/C23H29N5O2S/c1-2-17-4-3-5-18-19(13-28(22(17)18)12-16-6-10-30-11-7-16)23-25-21(31-26-23)15-27-9-8-24-20(29)14-27/h3-5,13,16H,2,6-12,14-15H2,1H3,(H,24,29). The van der Waals surface area contributed by atoms with Gasteiger partial charge in [0.1, 0.15) is 5.01 Å². The smallest absolute Gasteiger partial charge is 0.234 e. The number of nitrogens with one attached hydrogen (secondary N) is 1. The Morgan fingerprint density at radius 2 is 2.16 bits per heavy atom. The molecule has 0 bridgehead atoms. The Bertz CT molecular complexity index is 1070. The van der Waals surface area contributed by atoms with E-state index in [2.05, 4.69) is 46.1 Å². The van der Waals surface area contributed by atoms with Gasteiger partial charge in [0.05, 0.1) is 18.6 Å². The minimum Gasteiger partial charge on any atom is -0.381 e. The first-order chi connectivity index (χ1) is 15.2. The van der Waals surface area contributed by atoms with E-state index in [1.165, 1.54) is 28.0 Å². The minimum absolute atomic E-state index is 0.0827. The molecule has 2 aliphatic rings. The third kappa shape index (κ3) is 4.37. The van der Waals surface area contributed by atoms with Crippen LogP contribution < -0.4 is 5.32 Å². The molecule has 2 saturated heterocycles. The maximum atomic E-state index is 11.7. The number of piperazine rings is 1. The second-order valence-corrected chi connectivity index (χ2v) is 9.33. The number of amides is 1. The molecule has 2 aromatic heterocycles. The van der Waals surface area contributed by atoms with Crippen molar-refractivity contribution in [3.05, 3.63) is 35.0 Å². The highest BCUT2D eigenvalue weighted by atomic mass is 32.1. The third-order valence-electron chi connectivity index (χ3n) is 6.34. The summed E-state index contributed by atoms with van der Waals surface area (Å²) in [5, 5.41) is 5.06. The average Bonchev–Trinajstić information content (AvgIpc) is 3.39. The molecule has 0 radical (unpaired) electrons. The van der Waals surface area contributed by atoms with Crippen LogP contribution >= 0.6 is 11.5 Å². The highest BCUT2D eigenvalue weighted by molar-refractivity contribution is 7.05. The van der Waals surface area contributed by atoms with Gasteiger partial charge in [-0.05, 0) is 42.3 Å². The van der Waals surface area contributed by atoms with Crippen LogP contribution in [0.1, 0.15) is 30.3 Å². The Hall–Kier alpha value is -2.29. The van der Waals surface area contributed by atoms with Crippen molar-refractivity contribution >= 4 is 28.3 Å². The number of benzene rings is 1. The fourth-order valence-electron chi connectivity index (χ4n) is 4.70. The number of ether oxygens (including phenoxy) is 1. The molecular weight excluding hydrogens is 410 g/mol. The Morgan fingerprint density at radius 1 is 1.29 bits per heavy atom. The maximum absolute atomic E-state index is 11.7. The topological polar surface area (TPSA) is 72.3 Å². The molecule has 1 N–H and O–H groups in total. The van der Waals surface area contributed by atoms with Crippen molar-refractivity contribution in [2.24, 2.45) is 5.92 Å². The van der Waals surface area contributed by atoms with Crippen LogP contribution in [0.4, 0.5) is 0 Å². The summed E-state index contributed by atoms with van der Waals surface area (Å²) >= 11 is 1.44. The fourth-order valence-corrected chi connectivity index (χ4v) is 5.40. The van der Waals surface area contributed by atoms with Gasteiger partial charge in [-0.2, -0.15) is 4.37 Å². The molecule has 164 valence electrons. The Balaban J connectivity index is 1.45. The molecule has 5 rings (SSSR count). The number of fused-ring (bicyclic) bond motifs is 1. The normalized spacial score (nSPS) is 18.5. The first kappa shape index (κ1) is 20.6. The summed E-state index contributed by atoms with van der Waals surface area (Å²) in [5.41, 5.74) is 3.79. The minimum atomic E-state index is 0.0827. The summed E-state index contributed by atoms with van der Waals surface area (Å²) in [4.78, 5) is 18.7. The van der Waals surface area contributed by atoms with Crippen LogP contribution in [0.15, 0.2) is 24.4 Å². The summed E-state index contributed by atoms with van der Waals surface area (Å²) in [6, 6.07) is 6.57. The van der Waals surface area contributed by atoms with E-state index >= 15 is 0 Å².